The molecule has 2 unspecified atom stereocenters. The first-order valence-corrected chi connectivity index (χ1v) is 7.71. The summed E-state index contributed by atoms with van der Waals surface area (Å²) in [6.07, 6.45) is 2.19. The maximum atomic E-state index is 10.8. The Morgan fingerprint density at radius 1 is 1.14 bits per heavy atom. The maximum Gasteiger partial charge on any atom is 0.335 e. The van der Waals surface area contributed by atoms with E-state index in [2.05, 4.69) is 6.58 Å². The summed E-state index contributed by atoms with van der Waals surface area (Å²) >= 11 is 0. The predicted octanol–water partition coefficient (Wildman–Crippen LogP) is 3.42. The van der Waals surface area contributed by atoms with Gasteiger partial charge in [-0.15, -0.1) is 0 Å². The minimum Gasteiger partial charge on any atom is -0.435 e. The van der Waals surface area contributed by atoms with Crippen LogP contribution in [0, 0.1) is 0 Å². The Morgan fingerprint density at radius 3 is 1.82 bits per heavy atom. The number of rotatable bonds is 8. The van der Waals surface area contributed by atoms with Crippen molar-refractivity contribution in [3.05, 3.63) is 12.2 Å². The third-order valence-electron chi connectivity index (χ3n) is 2.40. The van der Waals surface area contributed by atoms with Gasteiger partial charge in [0.2, 0.25) is 0 Å². The van der Waals surface area contributed by atoms with Crippen LogP contribution in [-0.4, -0.2) is 44.1 Å². The second-order valence-electron chi connectivity index (χ2n) is 4.81. The van der Waals surface area contributed by atoms with Gasteiger partial charge in [0.25, 0.3) is 0 Å². The first-order chi connectivity index (χ1) is 10.3. The van der Waals surface area contributed by atoms with Gasteiger partial charge in [0, 0.05) is 5.57 Å². The van der Waals surface area contributed by atoms with Gasteiger partial charge in [-0.25, -0.2) is 4.79 Å². The van der Waals surface area contributed by atoms with Crippen LogP contribution in [-0.2, 0) is 19.0 Å². The molecule has 22 heavy (non-hydrogen) atoms. The van der Waals surface area contributed by atoms with E-state index in [1.54, 1.807) is 6.92 Å². The fourth-order valence-corrected chi connectivity index (χ4v) is 0.690. The number of aliphatic hydroxyl groups is 1. The minimum absolute atomic E-state index is 0.0146. The van der Waals surface area contributed by atoms with E-state index >= 15 is 0 Å². The molecule has 1 radical (unpaired) electrons. The number of aliphatic hydroxyl groups excluding tert-OH is 1. The molecule has 0 aliphatic rings. The lowest BCUT2D eigenvalue weighted by Gasteiger charge is -2.10. The summed E-state index contributed by atoms with van der Waals surface area (Å²) in [6, 6.07) is 0. The number of carbonyl (C=O) groups excluding carboxylic acids is 1. The number of hydrogen-bond donors (Lipinski definition) is 1. The molecule has 131 valence electrons. The normalized spacial score (nSPS) is 11.8. The van der Waals surface area contributed by atoms with Crippen molar-refractivity contribution in [3.63, 3.8) is 0 Å². The molecule has 0 fully saturated rings. The van der Waals surface area contributed by atoms with Crippen LogP contribution >= 0.6 is 0 Å². The molecule has 0 aliphatic heterocycles. The van der Waals surface area contributed by atoms with Gasteiger partial charge in [-0.1, -0.05) is 34.1 Å². The van der Waals surface area contributed by atoms with Gasteiger partial charge >= 0.3 is 5.97 Å². The Morgan fingerprint density at radius 2 is 1.55 bits per heavy atom. The minimum atomic E-state index is -0.404. The molecule has 5 nitrogen and oxygen atoms in total. The molecule has 6 heteroatoms. The topological polar surface area (TPSA) is 65.0 Å². The van der Waals surface area contributed by atoms with E-state index < -0.39 is 5.97 Å². The number of ether oxygens (including phenoxy) is 3. The smallest absolute Gasteiger partial charge is 0.335 e. The molecular weight excluding hydrogens is 283 g/mol. The molecule has 0 rings (SSSR count). The first kappa shape index (κ1) is 26.1. The second kappa shape index (κ2) is 20.2. The third-order valence-corrected chi connectivity index (χ3v) is 2.40. The number of carbonyl (C=O) groups is 1. The highest BCUT2D eigenvalue weighted by molar-refractivity contribution is 6.31. The van der Waals surface area contributed by atoms with Crippen molar-refractivity contribution in [2.75, 3.05) is 13.6 Å². The van der Waals surface area contributed by atoms with Gasteiger partial charge in [0.05, 0.1) is 12.2 Å². The summed E-state index contributed by atoms with van der Waals surface area (Å²) < 4.78 is 14.6. The van der Waals surface area contributed by atoms with E-state index in [1.165, 1.54) is 0 Å². The predicted molar refractivity (Wildman–Crippen MR) is 92.0 cm³/mol. The van der Waals surface area contributed by atoms with Crippen LogP contribution in [0.5, 0.6) is 0 Å². The standard InChI is InChI=1S/C9H16O3.C5H12O2.C2H6B/c1-5-8(4)11-6-12-9(10)7(2)3;1-3-5(2)7-4-6;1-3-2/h8H,2,5-6H2,1,3-4H3;5-6H,3-4H2,1-2H3;1-2H3. The molecule has 1 N–H and O–H groups in total. The lowest BCUT2D eigenvalue weighted by Crippen LogP contribution is -2.13. The summed E-state index contributed by atoms with van der Waals surface area (Å²) in [6.45, 7) is 16.8. The van der Waals surface area contributed by atoms with Gasteiger partial charge in [-0.05, 0) is 33.6 Å². The average Bonchev–Trinajstić information content (AvgIpc) is 2.48. The van der Waals surface area contributed by atoms with Crippen molar-refractivity contribution in [1.82, 2.24) is 0 Å². The number of esters is 1. The molecule has 0 heterocycles. The van der Waals surface area contributed by atoms with Gasteiger partial charge in [0.15, 0.2) is 6.79 Å². The van der Waals surface area contributed by atoms with Crippen LogP contribution in [0.15, 0.2) is 12.2 Å². The monoisotopic (exact) mass is 317 g/mol. The fraction of sp³-hybridized carbons (Fsp3) is 0.812. The van der Waals surface area contributed by atoms with Crippen LogP contribution in [0.3, 0.4) is 0 Å². The van der Waals surface area contributed by atoms with Crippen molar-refractivity contribution < 1.29 is 24.1 Å². The Hall–Kier alpha value is -0.845. The summed E-state index contributed by atoms with van der Waals surface area (Å²) in [5.74, 6) is -0.404. The lowest BCUT2D eigenvalue weighted by atomic mass is 9.88. The van der Waals surface area contributed by atoms with Crippen LogP contribution in [0.1, 0.15) is 47.5 Å². The molecule has 2 atom stereocenters. The van der Waals surface area contributed by atoms with Gasteiger partial charge in [-0.3, -0.25) is 0 Å². The third kappa shape index (κ3) is 24.2. The summed E-state index contributed by atoms with van der Waals surface area (Å²) in [5.41, 5.74) is 0.391. The maximum absolute atomic E-state index is 10.8. The SMILES string of the molecule is C=C(C)C(=O)OCOC(C)CC.CCC(C)OCO.C[B]C. The van der Waals surface area contributed by atoms with Crippen molar-refractivity contribution >= 4 is 13.2 Å². The molecule has 0 aromatic heterocycles. The van der Waals surface area contributed by atoms with Crippen LogP contribution in [0.4, 0.5) is 0 Å². The Labute approximate surface area is 137 Å². The molecular formula is C16H34BO5. The number of hydrogen-bond acceptors (Lipinski definition) is 5. The quantitative estimate of drug-likeness (QED) is 0.322. The van der Waals surface area contributed by atoms with E-state index in [-0.39, 0.29) is 25.8 Å². The molecule has 0 saturated carbocycles. The van der Waals surface area contributed by atoms with Gasteiger partial charge in [0.1, 0.15) is 14.1 Å². The highest BCUT2D eigenvalue weighted by Gasteiger charge is 2.03. The highest BCUT2D eigenvalue weighted by atomic mass is 16.7. The largest absolute Gasteiger partial charge is 0.435 e. The zero-order chi connectivity index (χ0) is 18.0. The van der Waals surface area contributed by atoms with Crippen molar-refractivity contribution in [1.29, 1.82) is 0 Å². The van der Waals surface area contributed by atoms with E-state index in [9.17, 15) is 4.79 Å². The summed E-state index contributed by atoms with van der Waals surface area (Å²) in [5, 5.41) is 8.15. The van der Waals surface area contributed by atoms with Gasteiger partial charge < -0.3 is 19.3 Å². The Balaban J connectivity index is -0.000000305. The Bertz CT molecular complexity index is 259. The van der Waals surface area contributed by atoms with E-state index in [0.29, 0.717) is 5.57 Å². The second-order valence-corrected chi connectivity index (χ2v) is 4.81. The molecule has 0 amide bonds. The van der Waals surface area contributed by atoms with Crippen LogP contribution in [0.2, 0.25) is 13.6 Å². The molecule has 0 spiro atoms. The van der Waals surface area contributed by atoms with E-state index in [4.69, 9.17) is 19.3 Å². The average molecular weight is 317 g/mol. The summed E-state index contributed by atoms with van der Waals surface area (Å²) in [4.78, 5) is 10.8. The molecule has 0 aromatic carbocycles. The van der Waals surface area contributed by atoms with Gasteiger partial charge in [-0.2, -0.15) is 0 Å². The molecule has 0 bridgehead atoms. The summed E-state index contributed by atoms with van der Waals surface area (Å²) in [7, 11) is 2.00. The molecule has 0 aromatic rings. The zero-order valence-electron chi connectivity index (χ0n) is 15.3. The zero-order valence-corrected chi connectivity index (χ0v) is 15.3. The van der Waals surface area contributed by atoms with E-state index in [0.717, 1.165) is 12.8 Å². The van der Waals surface area contributed by atoms with Crippen molar-refractivity contribution in [2.24, 2.45) is 0 Å². The van der Waals surface area contributed by atoms with Crippen LogP contribution < -0.4 is 0 Å². The Kier molecular flexibility index (Phi) is 23.9. The molecule has 0 saturated heterocycles. The lowest BCUT2D eigenvalue weighted by molar-refractivity contribution is -0.155. The van der Waals surface area contributed by atoms with Crippen LogP contribution in [0.25, 0.3) is 0 Å². The molecule has 0 aliphatic carbocycles. The first-order valence-electron chi connectivity index (χ1n) is 7.71. The van der Waals surface area contributed by atoms with E-state index in [1.807, 2.05) is 48.6 Å². The highest BCUT2D eigenvalue weighted by Crippen LogP contribution is 1.97. The van der Waals surface area contributed by atoms with Crippen molar-refractivity contribution in [2.45, 2.75) is 73.3 Å². The fourth-order valence-electron chi connectivity index (χ4n) is 0.690. The van der Waals surface area contributed by atoms with Crippen molar-refractivity contribution in [3.8, 4) is 0 Å².